The van der Waals surface area contributed by atoms with E-state index in [1.807, 2.05) is 0 Å². The predicted octanol–water partition coefficient (Wildman–Crippen LogP) is 3.67. The molecule has 0 unspecified atom stereocenters. The Kier molecular flexibility index (Phi) is 4.08. The van der Waals surface area contributed by atoms with Gasteiger partial charge in [-0.1, -0.05) is 0 Å². The number of carbonyl (C=O) groups excluding carboxylic acids is 1. The van der Waals surface area contributed by atoms with E-state index in [0.29, 0.717) is 17.4 Å². The fraction of sp³-hybridized carbons (Fsp3) is 0.133. The van der Waals surface area contributed by atoms with Crippen LogP contribution in [-0.2, 0) is 0 Å². The second-order valence-electron chi connectivity index (χ2n) is 4.25. The van der Waals surface area contributed by atoms with Crippen LogP contribution in [0.4, 0.5) is 13.2 Å². The lowest BCUT2D eigenvalue weighted by molar-refractivity contribution is 0.0917. The second-order valence-corrected chi connectivity index (χ2v) is 4.25. The molecule has 0 heterocycles. The number of ether oxygens (including phenoxy) is 1. The van der Waals surface area contributed by atoms with Crippen LogP contribution in [0.2, 0.25) is 0 Å². The van der Waals surface area contributed by atoms with Crippen molar-refractivity contribution in [1.82, 2.24) is 0 Å². The Morgan fingerprint density at radius 3 is 2.35 bits per heavy atom. The maximum atomic E-state index is 13.4. The number of hydrogen-bond donors (Lipinski definition) is 0. The van der Waals surface area contributed by atoms with E-state index in [9.17, 15) is 18.0 Å². The highest BCUT2D eigenvalue weighted by molar-refractivity contribution is 5.97. The molecule has 104 valence electrons. The molecule has 0 bridgehead atoms. The van der Waals surface area contributed by atoms with Gasteiger partial charge in [0.05, 0.1) is 5.56 Å². The van der Waals surface area contributed by atoms with Gasteiger partial charge in [-0.05, 0) is 42.8 Å². The molecule has 0 N–H and O–H groups in total. The van der Waals surface area contributed by atoms with Gasteiger partial charge < -0.3 is 4.74 Å². The van der Waals surface area contributed by atoms with E-state index in [1.54, 1.807) is 6.92 Å². The fourth-order valence-corrected chi connectivity index (χ4v) is 1.71. The van der Waals surface area contributed by atoms with Crippen molar-refractivity contribution in [2.45, 2.75) is 6.92 Å². The van der Waals surface area contributed by atoms with E-state index < -0.39 is 29.8 Å². The topological polar surface area (TPSA) is 26.3 Å². The summed E-state index contributed by atoms with van der Waals surface area (Å²) in [7, 11) is 0. The van der Waals surface area contributed by atoms with Crippen LogP contribution in [-0.4, -0.2) is 12.4 Å². The smallest absolute Gasteiger partial charge is 0.203 e. The van der Waals surface area contributed by atoms with E-state index in [0.717, 1.165) is 12.1 Å². The summed E-state index contributed by atoms with van der Waals surface area (Å²) in [5, 5.41) is 0. The number of carbonyl (C=O) groups is 1. The molecule has 2 aromatic rings. The predicted molar refractivity (Wildman–Crippen MR) is 67.3 cm³/mol. The van der Waals surface area contributed by atoms with Crippen molar-refractivity contribution in [2.75, 3.05) is 6.61 Å². The van der Waals surface area contributed by atoms with Crippen LogP contribution in [0.5, 0.6) is 5.75 Å². The average molecular weight is 280 g/mol. The zero-order chi connectivity index (χ0) is 14.7. The van der Waals surface area contributed by atoms with Gasteiger partial charge in [0.25, 0.3) is 0 Å². The largest absolute Gasteiger partial charge is 0.485 e. The number of Topliss-reactive ketones (excluding diaryl/α,β-unsaturated/α-hetero) is 1. The van der Waals surface area contributed by atoms with Crippen molar-refractivity contribution in [3.8, 4) is 5.75 Å². The van der Waals surface area contributed by atoms with Crippen molar-refractivity contribution in [3.63, 3.8) is 0 Å². The summed E-state index contributed by atoms with van der Waals surface area (Å²) in [5.41, 5.74) is 0.281. The molecule has 2 rings (SSSR count). The molecule has 0 fully saturated rings. The van der Waals surface area contributed by atoms with Crippen LogP contribution in [0.3, 0.4) is 0 Å². The third-order valence-electron chi connectivity index (χ3n) is 2.73. The van der Waals surface area contributed by atoms with Crippen LogP contribution in [0.15, 0.2) is 36.4 Å². The molecule has 5 heteroatoms. The third-order valence-corrected chi connectivity index (χ3v) is 2.73. The average Bonchev–Trinajstić information content (AvgIpc) is 2.37. The third kappa shape index (κ3) is 3.17. The summed E-state index contributed by atoms with van der Waals surface area (Å²) in [6.07, 6.45) is 0. The standard InChI is InChI=1S/C15H11F3O2/c1-9-6-10(16)3-5-15(9)20-8-14(19)12-4-2-11(17)7-13(12)18/h2-7H,8H2,1H3. The van der Waals surface area contributed by atoms with Crippen molar-refractivity contribution < 1.29 is 22.7 Å². The van der Waals surface area contributed by atoms with E-state index in [4.69, 9.17) is 4.74 Å². The number of ketones is 1. The van der Waals surface area contributed by atoms with Crippen molar-refractivity contribution >= 4 is 5.78 Å². The molecule has 0 aromatic heterocycles. The minimum Gasteiger partial charge on any atom is -0.485 e. The monoisotopic (exact) mass is 280 g/mol. The SMILES string of the molecule is Cc1cc(F)ccc1OCC(=O)c1ccc(F)cc1F. The maximum Gasteiger partial charge on any atom is 0.203 e. The lowest BCUT2D eigenvalue weighted by Crippen LogP contribution is -2.14. The first-order valence-electron chi connectivity index (χ1n) is 5.84. The second kappa shape index (κ2) is 5.77. The summed E-state index contributed by atoms with van der Waals surface area (Å²) >= 11 is 0. The molecular formula is C15H11F3O2. The summed E-state index contributed by atoms with van der Waals surface area (Å²) in [6, 6.07) is 6.55. The van der Waals surface area contributed by atoms with E-state index in [2.05, 4.69) is 0 Å². The van der Waals surface area contributed by atoms with Gasteiger partial charge in [-0.25, -0.2) is 13.2 Å². The molecule has 0 atom stereocenters. The molecule has 0 aliphatic rings. The summed E-state index contributed by atoms with van der Waals surface area (Å²) in [4.78, 5) is 11.8. The molecule has 0 saturated carbocycles. The van der Waals surface area contributed by atoms with Crippen molar-refractivity contribution in [1.29, 1.82) is 0 Å². The Morgan fingerprint density at radius 1 is 1.05 bits per heavy atom. The van der Waals surface area contributed by atoms with Gasteiger partial charge in [-0.15, -0.1) is 0 Å². The van der Waals surface area contributed by atoms with Crippen LogP contribution >= 0.6 is 0 Å². The first kappa shape index (κ1) is 14.1. The molecule has 0 amide bonds. The fourth-order valence-electron chi connectivity index (χ4n) is 1.71. The summed E-state index contributed by atoms with van der Waals surface area (Å²) in [5.74, 6) is -2.39. The highest BCUT2D eigenvalue weighted by Crippen LogP contribution is 2.19. The van der Waals surface area contributed by atoms with E-state index >= 15 is 0 Å². The molecule has 0 aliphatic heterocycles. The molecule has 0 spiro atoms. The summed E-state index contributed by atoms with van der Waals surface area (Å²) < 4.78 is 44.2. The van der Waals surface area contributed by atoms with Gasteiger partial charge in [-0.2, -0.15) is 0 Å². The number of hydrogen-bond acceptors (Lipinski definition) is 2. The van der Waals surface area contributed by atoms with E-state index in [-0.39, 0.29) is 5.56 Å². The Bertz CT molecular complexity index is 654. The molecule has 2 aromatic carbocycles. The Morgan fingerprint density at radius 2 is 1.70 bits per heavy atom. The highest BCUT2D eigenvalue weighted by atomic mass is 19.1. The Balaban J connectivity index is 2.08. The number of halogens is 3. The Labute approximate surface area is 113 Å². The minimum absolute atomic E-state index is 0.244. The lowest BCUT2D eigenvalue weighted by Gasteiger charge is -2.09. The molecule has 0 aliphatic carbocycles. The maximum absolute atomic E-state index is 13.4. The highest BCUT2D eigenvalue weighted by Gasteiger charge is 2.13. The lowest BCUT2D eigenvalue weighted by atomic mass is 10.1. The van der Waals surface area contributed by atoms with Gasteiger partial charge in [-0.3, -0.25) is 4.79 Å². The van der Waals surface area contributed by atoms with Gasteiger partial charge in [0.1, 0.15) is 23.2 Å². The van der Waals surface area contributed by atoms with Crippen molar-refractivity contribution in [3.05, 3.63) is 65.0 Å². The van der Waals surface area contributed by atoms with E-state index in [1.165, 1.54) is 18.2 Å². The summed E-state index contributed by atoms with van der Waals surface area (Å²) in [6.45, 7) is 1.22. The first-order valence-corrected chi connectivity index (χ1v) is 5.84. The molecule has 2 nitrogen and oxygen atoms in total. The molecule has 20 heavy (non-hydrogen) atoms. The van der Waals surface area contributed by atoms with Gasteiger partial charge in [0, 0.05) is 6.07 Å². The first-order chi connectivity index (χ1) is 9.47. The van der Waals surface area contributed by atoms with Gasteiger partial charge >= 0.3 is 0 Å². The molecule has 0 saturated heterocycles. The van der Waals surface area contributed by atoms with Crippen LogP contribution in [0, 0.1) is 24.4 Å². The zero-order valence-corrected chi connectivity index (χ0v) is 10.6. The molecular weight excluding hydrogens is 269 g/mol. The van der Waals surface area contributed by atoms with Gasteiger partial charge in [0.2, 0.25) is 5.78 Å². The minimum atomic E-state index is -0.936. The zero-order valence-electron chi connectivity index (χ0n) is 10.6. The number of rotatable bonds is 4. The van der Waals surface area contributed by atoms with Crippen LogP contribution in [0.1, 0.15) is 15.9 Å². The normalized spacial score (nSPS) is 10.4. The quantitative estimate of drug-likeness (QED) is 0.799. The number of aryl methyl sites for hydroxylation is 1. The van der Waals surface area contributed by atoms with Crippen molar-refractivity contribution in [2.24, 2.45) is 0 Å². The Hall–Kier alpha value is -2.30. The van der Waals surface area contributed by atoms with Crippen LogP contribution < -0.4 is 4.74 Å². The molecule has 0 radical (unpaired) electrons. The number of benzene rings is 2. The van der Waals surface area contributed by atoms with Gasteiger partial charge in [0.15, 0.2) is 6.61 Å². The van der Waals surface area contributed by atoms with Crippen LogP contribution in [0.25, 0.3) is 0 Å².